The minimum Gasteiger partial charge on any atom is -0.354 e. The lowest BCUT2D eigenvalue weighted by Crippen LogP contribution is -2.50. The maximum Gasteiger partial charge on any atom is 0.243 e. The molecule has 0 fully saturated rings. The standard InChI is InChI=1S/C32H41N3O4S/c1-4-5-22-33-32(37)30(24-27-13-8-6-9-14-27)34(25-28-20-18-26(2)19-21-28)31(36)17-12-23-35(40(3,38)39)29-15-10-7-11-16-29/h6-11,13-16,18-21,30H,4-5,12,17,22-25H2,1-3H3,(H,33,37)/t30-/m1/s1. The van der Waals surface area contributed by atoms with Crippen LogP contribution >= 0.6 is 0 Å². The van der Waals surface area contributed by atoms with Crippen molar-refractivity contribution in [2.75, 3.05) is 23.7 Å². The smallest absolute Gasteiger partial charge is 0.243 e. The Morgan fingerprint density at radius 2 is 1.48 bits per heavy atom. The van der Waals surface area contributed by atoms with Crippen LogP contribution in [-0.2, 0) is 32.6 Å². The third-order valence-corrected chi connectivity index (χ3v) is 7.96. The summed E-state index contributed by atoms with van der Waals surface area (Å²) < 4.78 is 26.4. The van der Waals surface area contributed by atoms with E-state index in [0.29, 0.717) is 25.1 Å². The van der Waals surface area contributed by atoms with E-state index in [2.05, 4.69) is 12.2 Å². The van der Waals surface area contributed by atoms with E-state index in [1.165, 1.54) is 10.6 Å². The first-order chi connectivity index (χ1) is 19.2. The molecule has 7 nitrogen and oxygen atoms in total. The molecule has 0 saturated heterocycles. The Hall–Kier alpha value is -3.65. The van der Waals surface area contributed by atoms with Crippen molar-refractivity contribution in [1.29, 1.82) is 0 Å². The van der Waals surface area contributed by atoms with Crippen molar-refractivity contribution < 1.29 is 18.0 Å². The van der Waals surface area contributed by atoms with Crippen molar-refractivity contribution in [2.24, 2.45) is 0 Å². The Morgan fingerprint density at radius 1 is 0.850 bits per heavy atom. The fourth-order valence-corrected chi connectivity index (χ4v) is 5.51. The van der Waals surface area contributed by atoms with Gasteiger partial charge in [0.25, 0.3) is 0 Å². The second-order valence-electron chi connectivity index (χ2n) is 10.1. The summed E-state index contributed by atoms with van der Waals surface area (Å²) in [4.78, 5) is 29.0. The Bertz CT molecular complexity index is 1310. The minimum absolute atomic E-state index is 0.109. The van der Waals surface area contributed by atoms with Crippen molar-refractivity contribution in [3.05, 3.63) is 102 Å². The van der Waals surface area contributed by atoms with Crippen LogP contribution in [0.5, 0.6) is 0 Å². The Labute approximate surface area is 239 Å². The van der Waals surface area contributed by atoms with Crippen molar-refractivity contribution in [3.8, 4) is 0 Å². The number of unbranched alkanes of at least 4 members (excludes halogenated alkanes) is 1. The molecule has 0 aromatic heterocycles. The highest BCUT2D eigenvalue weighted by atomic mass is 32.2. The number of anilines is 1. The number of amides is 2. The van der Waals surface area contributed by atoms with Gasteiger partial charge in [-0.1, -0.05) is 91.7 Å². The largest absolute Gasteiger partial charge is 0.354 e. The predicted octanol–water partition coefficient (Wildman–Crippen LogP) is 5.10. The van der Waals surface area contributed by atoms with Crippen molar-refractivity contribution in [2.45, 2.75) is 58.5 Å². The molecule has 0 radical (unpaired) electrons. The molecule has 214 valence electrons. The summed E-state index contributed by atoms with van der Waals surface area (Å²) in [6.45, 7) is 5.07. The summed E-state index contributed by atoms with van der Waals surface area (Å²) in [5.74, 6) is -0.367. The highest BCUT2D eigenvalue weighted by Crippen LogP contribution is 2.20. The lowest BCUT2D eigenvalue weighted by Gasteiger charge is -2.32. The van der Waals surface area contributed by atoms with E-state index in [0.717, 1.165) is 29.5 Å². The van der Waals surface area contributed by atoms with Gasteiger partial charge in [0, 0.05) is 32.5 Å². The average molecular weight is 564 g/mol. The van der Waals surface area contributed by atoms with Crippen molar-refractivity contribution in [3.63, 3.8) is 0 Å². The van der Waals surface area contributed by atoms with Crippen LogP contribution in [0.15, 0.2) is 84.9 Å². The van der Waals surface area contributed by atoms with Gasteiger partial charge in [-0.05, 0) is 43.0 Å². The molecule has 0 aliphatic carbocycles. The van der Waals surface area contributed by atoms with Crippen LogP contribution in [-0.4, -0.2) is 50.5 Å². The van der Waals surface area contributed by atoms with Gasteiger partial charge in [-0.15, -0.1) is 0 Å². The quantitative estimate of drug-likeness (QED) is 0.261. The van der Waals surface area contributed by atoms with Gasteiger partial charge < -0.3 is 10.2 Å². The summed E-state index contributed by atoms with van der Waals surface area (Å²) >= 11 is 0. The van der Waals surface area contributed by atoms with Gasteiger partial charge in [-0.25, -0.2) is 8.42 Å². The number of nitrogens with zero attached hydrogens (tertiary/aromatic N) is 2. The third-order valence-electron chi connectivity index (χ3n) is 6.77. The van der Waals surface area contributed by atoms with Gasteiger partial charge in [0.15, 0.2) is 0 Å². The second kappa shape index (κ2) is 15.2. The molecular formula is C32H41N3O4S. The molecule has 0 saturated carbocycles. The molecule has 2 amide bonds. The molecule has 3 rings (SSSR count). The number of hydrogen-bond acceptors (Lipinski definition) is 4. The van der Waals surface area contributed by atoms with Crippen LogP contribution in [0.2, 0.25) is 0 Å². The van der Waals surface area contributed by atoms with E-state index in [4.69, 9.17) is 0 Å². The summed E-state index contributed by atoms with van der Waals surface area (Å²) in [5.41, 5.74) is 3.57. The molecule has 0 aliphatic rings. The fourth-order valence-electron chi connectivity index (χ4n) is 4.55. The van der Waals surface area contributed by atoms with Gasteiger partial charge >= 0.3 is 0 Å². The number of carbonyl (C=O) groups is 2. The lowest BCUT2D eigenvalue weighted by atomic mass is 10.0. The normalized spacial score (nSPS) is 12.0. The molecule has 3 aromatic rings. The molecule has 3 aromatic carbocycles. The maximum atomic E-state index is 13.8. The van der Waals surface area contributed by atoms with Crippen LogP contribution in [0.1, 0.15) is 49.3 Å². The molecule has 0 heterocycles. The molecule has 1 N–H and O–H groups in total. The summed E-state index contributed by atoms with van der Waals surface area (Å²) in [7, 11) is -3.53. The molecule has 0 aliphatic heterocycles. The first-order valence-electron chi connectivity index (χ1n) is 13.9. The SMILES string of the molecule is CCCCNC(=O)[C@@H](Cc1ccccc1)N(Cc1ccc(C)cc1)C(=O)CCCN(c1ccccc1)S(C)(=O)=O. The number of carbonyl (C=O) groups excluding carboxylic acids is 2. The molecule has 0 bridgehead atoms. The molecule has 1 atom stereocenters. The van der Waals surface area contributed by atoms with Gasteiger partial charge in [0.05, 0.1) is 11.9 Å². The number of nitrogens with one attached hydrogen (secondary N) is 1. The number of hydrogen-bond donors (Lipinski definition) is 1. The number of aryl methyl sites for hydroxylation is 1. The van der Waals surface area contributed by atoms with E-state index in [1.54, 1.807) is 29.2 Å². The van der Waals surface area contributed by atoms with E-state index >= 15 is 0 Å². The summed E-state index contributed by atoms with van der Waals surface area (Å²) in [5, 5.41) is 3.03. The van der Waals surface area contributed by atoms with Crippen LogP contribution in [0.25, 0.3) is 0 Å². The number of benzene rings is 3. The van der Waals surface area contributed by atoms with E-state index in [9.17, 15) is 18.0 Å². The minimum atomic E-state index is -3.53. The van der Waals surface area contributed by atoms with Crippen molar-refractivity contribution in [1.82, 2.24) is 10.2 Å². The highest BCUT2D eigenvalue weighted by Gasteiger charge is 2.30. The van der Waals surface area contributed by atoms with Crippen LogP contribution in [0.4, 0.5) is 5.69 Å². The Morgan fingerprint density at radius 3 is 2.08 bits per heavy atom. The van der Waals surface area contributed by atoms with Crippen molar-refractivity contribution >= 4 is 27.5 Å². The molecule has 8 heteroatoms. The zero-order valence-electron chi connectivity index (χ0n) is 23.8. The van der Waals surface area contributed by atoms with Crippen LogP contribution < -0.4 is 9.62 Å². The molecule has 40 heavy (non-hydrogen) atoms. The third kappa shape index (κ3) is 9.52. The van der Waals surface area contributed by atoms with E-state index in [1.807, 2.05) is 67.6 Å². The monoisotopic (exact) mass is 563 g/mol. The lowest BCUT2D eigenvalue weighted by molar-refractivity contribution is -0.141. The first kappa shape index (κ1) is 30.9. The van der Waals surface area contributed by atoms with Gasteiger partial charge in [0.1, 0.15) is 6.04 Å². The molecule has 0 spiro atoms. The summed E-state index contributed by atoms with van der Waals surface area (Å²) in [6, 6.07) is 25.8. The van der Waals surface area contributed by atoms with E-state index in [-0.39, 0.29) is 31.3 Å². The number of sulfonamides is 1. The molecular weight excluding hydrogens is 522 g/mol. The summed E-state index contributed by atoms with van der Waals surface area (Å²) in [6.07, 6.45) is 3.79. The van der Waals surface area contributed by atoms with Gasteiger partial charge in [-0.3, -0.25) is 13.9 Å². The van der Waals surface area contributed by atoms with E-state index < -0.39 is 16.1 Å². The van der Waals surface area contributed by atoms with Crippen LogP contribution in [0, 0.1) is 6.92 Å². The second-order valence-corrected chi connectivity index (χ2v) is 12.0. The van der Waals surface area contributed by atoms with Gasteiger partial charge in [-0.2, -0.15) is 0 Å². The predicted molar refractivity (Wildman–Crippen MR) is 161 cm³/mol. The zero-order valence-corrected chi connectivity index (χ0v) is 24.6. The Kier molecular flexibility index (Phi) is 11.8. The molecule has 0 unspecified atom stereocenters. The highest BCUT2D eigenvalue weighted by molar-refractivity contribution is 7.92. The first-order valence-corrected chi connectivity index (χ1v) is 15.7. The van der Waals surface area contributed by atoms with Crippen LogP contribution in [0.3, 0.4) is 0 Å². The maximum absolute atomic E-state index is 13.8. The zero-order chi connectivity index (χ0) is 29.0. The average Bonchev–Trinajstić information content (AvgIpc) is 2.94. The van der Waals surface area contributed by atoms with Gasteiger partial charge in [0.2, 0.25) is 21.8 Å². The number of para-hydroxylation sites is 1. The fraction of sp³-hybridized carbons (Fsp3) is 0.375. The Balaban J connectivity index is 1.85. The topological polar surface area (TPSA) is 86.8 Å². The number of rotatable bonds is 15.